The van der Waals surface area contributed by atoms with Crippen molar-refractivity contribution in [3.05, 3.63) is 12.7 Å². The van der Waals surface area contributed by atoms with E-state index in [9.17, 15) is 9.59 Å². The van der Waals surface area contributed by atoms with Crippen LogP contribution in [0.5, 0.6) is 0 Å². The Bertz CT molecular complexity index is 274. The van der Waals surface area contributed by atoms with Crippen LogP contribution in [0.2, 0.25) is 0 Å². The summed E-state index contributed by atoms with van der Waals surface area (Å²) in [5.41, 5.74) is 0. The number of nitrogens with zero attached hydrogens (tertiary/aromatic N) is 1. The molecule has 1 aliphatic rings. The number of aliphatic carboxylic acids is 1. The minimum absolute atomic E-state index is 0.0720. The van der Waals surface area contributed by atoms with Gasteiger partial charge in [0.05, 0.1) is 13.0 Å². The van der Waals surface area contributed by atoms with E-state index >= 15 is 0 Å². The van der Waals surface area contributed by atoms with Crippen LogP contribution >= 0.6 is 0 Å². The molecule has 1 amide bonds. The van der Waals surface area contributed by atoms with Crippen LogP contribution in [0, 0.1) is 0 Å². The number of carboxylic acid groups (broad SMARTS) is 1. The second-order valence-corrected chi connectivity index (χ2v) is 3.94. The number of nitrogens with one attached hydrogen (secondary N) is 1. The van der Waals surface area contributed by atoms with Crippen molar-refractivity contribution in [2.75, 3.05) is 19.6 Å². The highest BCUT2D eigenvalue weighted by Gasteiger charge is 2.30. The SMILES string of the molecule is C=CCNC(=O)CN(CCC(=O)O)C1CC1. The molecule has 0 saturated heterocycles. The van der Waals surface area contributed by atoms with Gasteiger partial charge in [-0.25, -0.2) is 0 Å². The van der Waals surface area contributed by atoms with E-state index in [1.807, 2.05) is 4.90 Å². The molecule has 0 aromatic carbocycles. The van der Waals surface area contributed by atoms with Crippen molar-refractivity contribution in [1.29, 1.82) is 0 Å². The lowest BCUT2D eigenvalue weighted by molar-refractivity contribution is -0.137. The summed E-state index contributed by atoms with van der Waals surface area (Å²) in [4.78, 5) is 23.8. The standard InChI is InChI=1S/C11H18N2O3/c1-2-6-12-10(14)8-13(9-3-4-9)7-5-11(15)16/h2,9H,1,3-8H2,(H,12,14)(H,15,16). The first-order valence-corrected chi connectivity index (χ1v) is 5.47. The summed E-state index contributed by atoms with van der Waals surface area (Å²) in [6, 6.07) is 0.397. The van der Waals surface area contributed by atoms with Crippen LogP contribution in [0.15, 0.2) is 12.7 Å². The zero-order valence-electron chi connectivity index (χ0n) is 9.32. The summed E-state index contributed by atoms with van der Waals surface area (Å²) in [6.07, 6.45) is 3.84. The van der Waals surface area contributed by atoms with Crippen LogP contribution in [0.1, 0.15) is 19.3 Å². The highest BCUT2D eigenvalue weighted by Crippen LogP contribution is 2.26. The molecule has 0 radical (unpaired) electrons. The topological polar surface area (TPSA) is 69.6 Å². The molecule has 2 N–H and O–H groups in total. The number of hydrogen-bond acceptors (Lipinski definition) is 3. The minimum Gasteiger partial charge on any atom is -0.481 e. The molecule has 0 spiro atoms. The third kappa shape index (κ3) is 4.93. The summed E-state index contributed by atoms with van der Waals surface area (Å²) >= 11 is 0. The number of carbonyl (C=O) groups excluding carboxylic acids is 1. The molecule has 5 heteroatoms. The lowest BCUT2D eigenvalue weighted by atomic mass is 10.3. The van der Waals surface area contributed by atoms with Gasteiger partial charge in [0, 0.05) is 19.1 Å². The van der Waals surface area contributed by atoms with E-state index in [-0.39, 0.29) is 18.9 Å². The number of carbonyl (C=O) groups is 2. The molecule has 0 atom stereocenters. The maximum absolute atomic E-state index is 11.4. The van der Waals surface area contributed by atoms with Gasteiger partial charge in [0.1, 0.15) is 0 Å². The Morgan fingerprint density at radius 2 is 2.19 bits per heavy atom. The van der Waals surface area contributed by atoms with Crippen molar-refractivity contribution in [3.8, 4) is 0 Å². The Morgan fingerprint density at radius 3 is 2.69 bits per heavy atom. The second kappa shape index (κ2) is 6.27. The van der Waals surface area contributed by atoms with Crippen LogP contribution in [-0.4, -0.2) is 47.6 Å². The first-order chi connectivity index (χ1) is 7.63. The van der Waals surface area contributed by atoms with E-state index in [1.54, 1.807) is 6.08 Å². The fourth-order valence-corrected chi connectivity index (χ4v) is 1.50. The molecule has 1 rings (SSSR count). The first kappa shape index (κ1) is 12.7. The highest BCUT2D eigenvalue weighted by molar-refractivity contribution is 5.78. The molecule has 1 aliphatic carbocycles. The molecule has 16 heavy (non-hydrogen) atoms. The summed E-state index contributed by atoms with van der Waals surface area (Å²) < 4.78 is 0. The zero-order valence-corrected chi connectivity index (χ0v) is 9.32. The van der Waals surface area contributed by atoms with E-state index in [2.05, 4.69) is 11.9 Å². The van der Waals surface area contributed by atoms with Gasteiger partial charge in [0.25, 0.3) is 0 Å². The Kier molecular flexibility index (Phi) is 4.98. The summed E-state index contributed by atoms with van der Waals surface area (Å²) in [5.74, 6) is -0.894. The average Bonchev–Trinajstić information content (AvgIpc) is 3.04. The van der Waals surface area contributed by atoms with Crippen molar-refractivity contribution in [1.82, 2.24) is 10.2 Å². The van der Waals surface area contributed by atoms with E-state index in [0.29, 0.717) is 19.1 Å². The third-order valence-electron chi connectivity index (χ3n) is 2.47. The van der Waals surface area contributed by atoms with Gasteiger partial charge in [-0.1, -0.05) is 6.08 Å². The highest BCUT2D eigenvalue weighted by atomic mass is 16.4. The monoisotopic (exact) mass is 226 g/mol. The van der Waals surface area contributed by atoms with Gasteiger partial charge >= 0.3 is 5.97 Å². The number of hydrogen-bond donors (Lipinski definition) is 2. The van der Waals surface area contributed by atoms with Gasteiger partial charge in [0.2, 0.25) is 5.91 Å². The zero-order chi connectivity index (χ0) is 12.0. The van der Waals surface area contributed by atoms with Gasteiger partial charge in [-0.2, -0.15) is 0 Å². The molecule has 0 bridgehead atoms. The molecule has 0 aliphatic heterocycles. The average molecular weight is 226 g/mol. The number of amides is 1. The quantitative estimate of drug-likeness (QED) is 0.581. The van der Waals surface area contributed by atoms with Gasteiger partial charge in [0.15, 0.2) is 0 Å². The first-order valence-electron chi connectivity index (χ1n) is 5.47. The molecule has 0 unspecified atom stereocenters. The molecule has 5 nitrogen and oxygen atoms in total. The van der Waals surface area contributed by atoms with Crippen LogP contribution in [-0.2, 0) is 9.59 Å². The lowest BCUT2D eigenvalue weighted by Crippen LogP contribution is -2.39. The van der Waals surface area contributed by atoms with Crippen molar-refractivity contribution >= 4 is 11.9 Å². The van der Waals surface area contributed by atoms with E-state index < -0.39 is 5.97 Å². The fourth-order valence-electron chi connectivity index (χ4n) is 1.50. The number of rotatable bonds is 8. The predicted molar refractivity (Wildman–Crippen MR) is 60.1 cm³/mol. The van der Waals surface area contributed by atoms with Crippen LogP contribution in [0.4, 0.5) is 0 Å². The maximum Gasteiger partial charge on any atom is 0.304 e. The van der Waals surface area contributed by atoms with E-state index in [1.165, 1.54) is 0 Å². The largest absolute Gasteiger partial charge is 0.481 e. The van der Waals surface area contributed by atoms with Crippen molar-refractivity contribution < 1.29 is 14.7 Å². The smallest absolute Gasteiger partial charge is 0.304 e. The number of carboxylic acids is 1. The van der Waals surface area contributed by atoms with E-state index in [4.69, 9.17) is 5.11 Å². The minimum atomic E-state index is -0.822. The molecular weight excluding hydrogens is 208 g/mol. The Balaban J connectivity index is 2.29. The lowest BCUT2D eigenvalue weighted by Gasteiger charge is -2.20. The Labute approximate surface area is 95.1 Å². The van der Waals surface area contributed by atoms with Gasteiger partial charge in [-0.3, -0.25) is 14.5 Å². The van der Waals surface area contributed by atoms with Crippen LogP contribution < -0.4 is 5.32 Å². The normalized spacial score (nSPS) is 14.8. The summed E-state index contributed by atoms with van der Waals surface area (Å²) in [7, 11) is 0. The van der Waals surface area contributed by atoms with Crippen LogP contribution in [0.3, 0.4) is 0 Å². The molecule has 0 aromatic rings. The molecule has 1 saturated carbocycles. The Hall–Kier alpha value is -1.36. The summed E-state index contributed by atoms with van der Waals surface area (Å²) in [5, 5.41) is 11.3. The summed E-state index contributed by atoms with van der Waals surface area (Å²) in [6.45, 7) is 4.70. The third-order valence-corrected chi connectivity index (χ3v) is 2.47. The van der Waals surface area contributed by atoms with Gasteiger partial charge in [-0.15, -0.1) is 6.58 Å². The van der Waals surface area contributed by atoms with Crippen molar-refractivity contribution in [2.24, 2.45) is 0 Å². The molecule has 1 fully saturated rings. The fraction of sp³-hybridized carbons (Fsp3) is 0.636. The molecule has 0 heterocycles. The molecule has 0 aromatic heterocycles. The Morgan fingerprint density at radius 1 is 1.50 bits per heavy atom. The van der Waals surface area contributed by atoms with E-state index in [0.717, 1.165) is 12.8 Å². The van der Waals surface area contributed by atoms with Crippen molar-refractivity contribution in [2.45, 2.75) is 25.3 Å². The predicted octanol–water partition coefficient (Wildman–Crippen LogP) is 0.228. The maximum atomic E-state index is 11.4. The molecular formula is C11H18N2O3. The van der Waals surface area contributed by atoms with Gasteiger partial charge in [-0.05, 0) is 12.8 Å². The van der Waals surface area contributed by atoms with Crippen LogP contribution in [0.25, 0.3) is 0 Å². The molecule has 90 valence electrons. The van der Waals surface area contributed by atoms with Crippen molar-refractivity contribution in [3.63, 3.8) is 0 Å². The van der Waals surface area contributed by atoms with Gasteiger partial charge < -0.3 is 10.4 Å². The second-order valence-electron chi connectivity index (χ2n) is 3.94.